The maximum atomic E-state index is 7.26. The lowest BCUT2D eigenvalue weighted by Gasteiger charge is -2.51. The van der Waals surface area contributed by atoms with Crippen LogP contribution in [0.15, 0.2) is 168 Å². The van der Waals surface area contributed by atoms with Gasteiger partial charge >= 0.3 is 0 Å². The van der Waals surface area contributed by atoms with Crippen molar-refractivity contribution in [3.63, 3.8) is 0 Å². The van der Waals surface area contributed by atoms with Crippen molar-refractivity contribution in [3.05, 3.63) is 208 Å². The van der Waals surface area contributed by atoms with Gasteiger partial charge in [0.05, 0.1) is 21.6 Å². The van der Waals surface area contributed by atoms with Crippen molar-refractivity contribution in [2.24, 2.45) is 0 Å². The Kier molecular flexibility index (Phi) is 10.5. The van der Waals surface area contributed by atoms with E-state index < -0.39 is 0 Å². The Morgan fingerprint density at radius 2 is 1.00 bits per heavy atom. The number of benzene rings is 9. The van der Waals surface area contributed by atoms with Crippen LogP contribution in [-0.4, -0.2) is 12.3 Å². The molecule has 0 radical (unpaired) electrons. The summed E-state index contributed by atoms with van der Waals surface area (Å²) in [5, 5.41) is 4.90. The maximum absolute atomic E-state index is 7.26. The fourth-order valence-corrected chi connectivity index (χ4v) is 19.3. The Morgan fingerprint density at radius 1 is 0.442 bits per heavy atom. The quantitative estimate of drug-likeness (QED) is 0.164. The molecule has 3 aliphatic heterocycles. The van der Waals surface area contributed by atoms with Gasteiger partial charge in [0.1, 0.15) is 5.58 Å². The van der Waals surface area contributed by atoms with Gasteiger partial charge in [0.2, 0.25) is 0 Å². The van der Waals surface area contributed by atoms with E-state index in [1.54, 1.807) is 0 Å². The highest BCUT2D eigenvalue weighted by atomic mass is 32.1. The van der Waals surface area contributed by atoms with E-state index in [0.717, 1.165) is 53.3 Å². The van der Waals surface area contributed by atoms with Crippen molar-refractivity contribution in [3.8, 4) is 0 Å². The molecule has 0 bridgehead atoms. The summed E-state index contributed by atoms with van der Waals surface area (Å²) in [4.78, 5) is 8.33. The lowest BCUT2D eigenvalue weighted by Crippen LogP contribution is -2.62. The molecule has 1 fully saturated rings. The third-order valence-electron chi connectivity index (χ3n) is 23.3. The van der Waals surface area contributed by atoms with E-state index in [1.165, 1.54) is 134 Å². The summed E-state index contributed by atoms with van der Waals surface area (Å²) in [7, 11) is 0. The average Bonchev–Trinajstić information content (AvgIpc) is 1.04. The van der Waals surface area contributed by atoms with Gasteiger partial charge in [-0.3, -0.25) is 0 Å². The molecule has 0 N–H and O–H groups in total. The number of para-hydroxylation sites is 2. The molecule has 2 atom stereocenters. The van der Waals surface area contributed by atoms with Crippen molar-refractivity contribution in [1.82, 2.24) is 0 Å². The van der Waals surface area contributed by atoms with E-state index in [9.17, 15) is 0 Å². The molecule has 4 nitrogen and oxygen atoms in total. The number of nitrogens with zero attached hydrogens (tertiary/aromatic N) is 3. The predicted octanol–water partition coefficient (Wildman–Crippen LogP) is 20.4. The first-order chi connectivity index (χ1) is 41.0. The number of rotatable bonds is 3. The highest BCUT2D eigenvalue weighted by molar-refractivity contribution is 7.26. The molecular weight excluding hydrogens is 1060 g/mol. The smallest absolute Gasteiger partial charge is 0.252 e. The summed E-state index contributed by atoms with van der Waals surface area (Å²) in [6, 6.07) is 64.8. The number of hydrogen-bond donors (Lipinski definition) is 0. The van der Waals surface area contributed by atoms with Gasteiger partial charge in [-0.15, -0.1) is 11.3 Å². The first-order valence-electron chi connectivity index (χ1n) is 32.0. The SMILES string of the molecule is CC(C)(C)c1ccc2c(c1)C1(C)CCCCC1(C)N2c1cc2c3c(c1)N(c1cccc4c1sc1ccccc14)c1cc4c(cc1B3c1cc3c(cc1N2c1cccc2c1oc1ccccc12)C(C)(C)CCC3(C)C)C(C)(C)c1ccccc1C4(C)C. The number of furan rings is 1. The summed E-state index contributed by atoms with van der Waals surface area (Å²) >= 11 is 1.94. The van der Waals surface area contributed by atoms with E-state index in [0.29, 0.717) is 0 Å². The Bertz CT molecular complexity index is 4790. The van der Waals surface area contributed by atoms with E-state index in [2.05, 4.69) is 269 Å². The van der Waals surface area contributed by atoms with Gasteiger partial charge in [0.15, 0.2) is 5.58 Å². The average molecular weight is 1140 g/mol. The summed E-state index contributed by atoms with van der Waals surface area (Å²) in [6.07, 6.45) is 6.94. The number of fused-ring (bicyclic) bond motifs is 16. The van der Waals surface area contributed by atoms with Gasteiger partial charge in [-0.05, 0) is 164 Å². The summed E-state index contributed by atoms with van der Waals surface area (Å²) in [6.45, 7) is 32.2. The first kappa shape index (κ1) is 52.8. The molecule has 6 heteroatoms. The molecule has 0 amide bonds. The fraction of sp³-hybridized carbons (Fsp3) is 0.325. The van der Waals surface area contributed by atoms with Gasteiger partial charge in [-0.1, -0.05) is 205 Å². The van der Waals surface area contributed by atoms with Gasteiger partial charge in [0, 0.05) is 76.6 Å². The highest BCUT2D eigenvalue weighted by Gasteiger charge is 2.59. The zero-order valence-electron chi connectivity index (χ0n) is 52.6. The van der Waals surface area contributed by atoms with E-state index in [-0.39, 0.29) is 44.7 Å². The van der Waals surface area contributed by atoms with Crippen LogP contribution in [0.2, 0.25) is 0 Å². The molecular formula is C80H78BN3OS. The number of hydrogen-bond acceptors (Lipinski definition) is 5. The van der Waals surface area contributed by atoms with Crippen LogP contribution in [0.25, 0.3) is 42.1 Å². The van der Waals surface area contributed by atoms with Crippen LogP contribution in [0.1, 0.15) is 173 Å². The first-order valence-corrected chi connectivity index (χ1v) is 32.8. The second-order valence-corrected chi connectivity index (χ2v) is 31.7. The Labute approximate surface area is 512 Å². The number of thiophene rings is 1. The van der Waals surface area contributed by atoms with Crippen LogP contribution in [0.4, 0.5) is 45.5 Å². The molecule has 3 aliphatic carbocycles. The van der Waals surface area contributed by atoms with E-state index >= 15 is 0 Å². The molecule has 0 saturated heterocycles. The lowest BCUT2D eigenvalue weighted by molar-refractivity contribution is 0.195. The van der Waals surface area contributed by atoms with Gasteiger partial charge in [-0.25, -0.2) is 0 Å². The highest BCUT2D eigenvalue weighted by Crippen LogP contribution is 2.63. The van der Waals surface area contributed by atoms with Crippen LogP contribution >= 0.6 is 11.3 Å². The molecule has 1 saturated carbocycles. The van der Waals surface area contributed by atoms with Gasteiger partial charge < -0.3 is 19.1 Å². The molecule has 5 heterocycles. The minimum atomic E-state index is -0.272. The minimum absolute atomic E-state index is 0.00990. The van der Waals surface area contributed by atoms with Crippen molar-refractivity contribution in [2.75, 3.05) is 14.7 Å². The monoisotopic (exact) mass is 1140 g/mol. The lowest BCUT2D eigenvalue weighted by atomic mass is 9.32. The minimum Gasteiger partial charge on any atom is -0.454 e. The summed E-state index contributed by atoms with van der Waals surface area (Å²) in [5.74, 6) is 0. The topological polar surface area (TPSA) is 22.9 Å². The van der Waals surface area contributed by atoms with Crippen LogP contribution in [0, 0.1) is 0 Å². The third kappa shape index (κ3) is 6.78. The molecule has 6 aliphatic rings. The van der Waals surface area contributed by atoms with Crippen LogP contribution < -0.4 is 31.1 Å². The predicted molar refractivity (Wildman–Crippen MR) is 368 cm³/mol. The van der Waals surface area contributed by atoms with Crippen molar-refractivity contribution in [1.29, 1.82) is 0 Å². The second kappa shape index (κ2) is 17.2. The van der Waals surface area contributed by atoms with Crippen LogP contribution in [0.5, 0.6) is 0 Å². The van der Waals surface area contributed by atoms with Gasteiger partial charge in [-0.2, -0.15) is 0 Å². The Morgan fingerprint density at radius 3 is 1.70 bits per heavy atom. The Hall–Kier alpha value is -7.54. The molecule has 86 heavy (non-hydrogen) atoms. The largest absolute Gasteiger partial charge is 0.454 e. The van der Waals surface area contributed by atoms with E-state index in [1.807, 2.05) is 11.3 Å². The fourth-order valence-electron chi connectivity index (χ4n) is 18.1. The standard InChI is InChI=1S/C80H78BN3OS/c1-74(2,3)47-34-35-62-59(40-47)79(12)36-20-21-37-80(79,13)84(62)48-41-67-71-68(42-48)83(64-31-23-27-52-50-25-15-19-33-70(50)86-73(52)64)66-46-58-57(77(8,9)53-28-16-17-29-54(53)78(58,10)11)44-61(66)81(71)60-43-55-56(76(6,7)39-38-75(55,4)5)45-65(60)82(67)63-30-22-26-51-49-24-14-18-32-69(49)85-72(51)63/h14-19,22-35,40-46H,20-21,36-39H2,1-13H3. The number of anilines is 8. The third-order valence-corrected chi connectivity index (χ3v) is 24.5. The van der Waals surface area contributed by atoms with Crippen molar-refractivity contribution >= 4 is 122 Å². The molecule has 428 valence electrons. The second-order valence-electron chi connectivity index (χ2n) is 30.6. The molecule has 17 rings (SSSR count). The molecule has 11 aromatic rings. The molecule has 2 unspecified atom stereocenters. The summed E-state index contributed by atoms with van der Waals surface area (Å²) < 4.78 is 9.89. The molecule has 2 aromatic heterocycles. The Balaban J connectivity index is 1.06. The molecule has 9 aromatic carbocycles. The van der Waals surface area contributed by atoms with Gasteiger partial charge in [0.25, 0.3) is 6.71 Å². The maximum Gasteiger partial charge on any atom is 0.252 e. The van der Waals surface area contributed by atoms with Crippen molar-refractivity contribution < 1.29 is 4.42 Å². The zero-order valence-corrected chi connectivity index (χ0v) is 53.4. The molecule has 0 spiro atoms. The van der Waals surface area contributed by atoms with Crippen molar-refractivity contribution in [2.45, 2.75) is 167 Å². The normalized spacial score (nSPS) is 21.6. The van der Waals surface area contributed by atoms with E-state index in [4.69, 9.17) is 4.42 Å². The van der Waals surface area contributed by atoms with Crippen LogP contribution in [-0.2, 0) is 32.5 Å². The summed E-state index contributed by atoms with van der Waals surface area (Å²) in [5.41, 5.74) is 26.4. The van der Waals surface area contributed by atoms with Crippen LogP contribution in [0.3, 0.4) is 0 Å². The zero-order chi connectivity index (χ0) is 59.1.